The molecule has 1 aliphatic heterocycles. The Kier molecular flexibility index (Phi) is 3.10. The van der Waals surface area contributed by atoms with E-state index in [0.717, 1.165) is 19.4 Å². The lowest BCUT2D eigenvalue weighted by atomic mass is 9.92. The SMILES string of the molecule is C[C@H]1CC[C@H](c2cc(F)c(O)c(F)c2)NC1. The van der Waals surface area contributed by atoms with Crippen LogP contribution < -0.4 is 5.32 Å². The Labute approximate surface area is 93.3 Å². The fraction of sp³-hybridized carbons (Fsp3) is 0.500. The van der Waals surface area contributed by atoms with Gasteiger partial charge in [-0.25, -0.2) is 8.78 Å². The van der Waals surface area contributed by atoms with Crippen LogP contribution in [0.1, 0.15) is 31.4 Å². The summed E-state index contributed by atoms with van der Waals surface area (Å²) >= 11 is 0. The quantitative estimate of drug-likeness (QED) is 0.773. The fourth-order valence-corrected chi connectivity index (χ4v) is 2.07. The Morgan fingerprint density at radius 1 is 1.25 bits per heavy atom. The monoisotopic (exact) mass is 227 g/mol. The summed E-state index contributed by atoms with van der Waals surface area (Å²) in [6.45, 7) is 3.00. The molecule has 1 saturated heterocycles. The standard InChI is InChI=1S/C12H15F2NO/c1-7-2-3-11(15-6-7)8-4-9(13)12(16)10(14)5-8/h4-5,7,11,15-16H,2-3,6H2,1H3/t7-,11+/m0/s1. The second-order valence-electron chi connectivity index (χ2n) is 4.48. The molecule has 2 nitrogen and oxygen atoms in total. The normalized spacial score (nSPS) is 25.7. The highest BCUT2D eigenvalue weighted by atomic mass is 19.1. The molecule has 0 radical (unpaired) electrons. The lowest BCUT2D eigenvalue weighted by Crippen LogP contribution is -2.31. The molecular weight excluding hydrogens is 212 g/mol. The van der Waals surface area contributed by atoms with E-state index in [4.69, 9.17) is 5.11 Å². The van der Waals surface area contributed by atoms with E-state index in [1.54, 1.807) is 0 Å². The topological polar surface area (TPSA) is 32.3 Å². The van der Waals surface area contributed by atoms with Crippen LogP contribution in [0.15, 0.2) is 12.1 Å². The molecule has 0 aliphatic carbocycles. The second kappa shape index (κ2) is 4.37. The molecule has 1 aromatic carbocycles. The van der Waals surface area contributed by atoms with Crippen LogP contribution in [0.5, 0.6) is 5.75 Å². The molecule has 2 atom stereocenters. The van der Waals surface area contributed by atoms with E-state index < -0.39 is 17.4 Å². The van der Waals surface area contributed by atoms with Gasteiger partial charge in [0.2, 0.25) is 0 Å². The number of piperidine rings is 1. The first-order valence-corrected chi connectivity index (χ1v) is 5.49. The minimum absolute atomic E-state index is 0.0131. The zero-order chi connectivity index (χ0) is 11.7. The minimum atomic E-state index is -0.895. The first kappa shape index (κ1) is 11.3. The molecule has 1 aliphatic rings. The zero-order valence-electron chi connectivity index (χ0n) is 9.13. The van der Waals surface area contributed by atoms with Crippen LogP contribution in [0.4, 0.5) is 8.78 Å². The lowest BCUT2D eigenvalue weighted by Gasteiger charge is -2.28. The van der Waals surface area contributed by atoms with Gasteiger partial charge in [0.05, 0.1) is 0 Å². The number of halogens is 2. The van der Waals surface area contributed by atoms with Crippen molar-refractivity contribution >= 4 is 0 Å². The van der Waals surface area contributed by atoms with Gasteiger partial charge < -0.3 is 10.4 Å². The number of hydrogen-bond acceptors (Lipinski definition) is 2. The summed E-state index contributed by atoms with van der Waals surface area (Å²) in [7, 11) is 0. The van der Waals surface area contributed by atoms with E-state index in [9.17, 15) is 8.78 Å². The highest BCUT2D eigenvalue weighted by Gasteiger charge is 2.21. The Morgan fingerprint density at radius 3 is 2.38 bits per heavy atom. The molecule has 0 aromatic heterocycles. The van der Waals surface area contributed by atoms with Gasteiger partial charge >= 0.3 is 0 Å². The van der Waals surface area contributed by atoms with Crippen LogP contribution in [0, 0.1) is 17.6 Å². The molecule has 2 N–H and O–H groups in total. The molecule has 88 valence electrons. The van der Waals surface area contributed by atoms with Gasteiger partial charge in [-0.2, -0.15) is 0 Å². The van der Waals surface area contributed by atoms with Gasteiger partial charge in [-0.15, -0.1) is 0 Å². The van der Waals surface area contributed by atoms with Crippen molar-refractivity contribution in [3.05, 3.63) is 29.3 Å². The van der Waals surface area contributed by atoms with Crippen LogP contribution in [0.25, 0.3) is 0 Å². The van der Waals surface area contributed by atoms with Gasteiger partial charge in [0, 0.05) is 6.04 Å². The van der Waals surface area contributed by atoms with Crippen LogP contribution in [0.2, 0.25) is 0 Å². The van der Waals surface area contributed by atoms with Crippen molar-refractivity contribution in [2.45, 2.75) is 25.8 Å². The predicted molar refractivity (Wildman–Crippen MR) is 57.2 cm³/mol. The number of aromatic hydroxyl groups is 1. The maximum absolute atomic E-state index is 13.2. The predicted octanol–water partition coefficient (Wildman–Crippen LogP) is 2.73. The highest BCUT2D eigenvalue weighted by molar-refractivity contribution is 5.31. The van der Waals surface area contributed by atoms with Gasteiger partial charge in [0.25, 0.3) is 0 Å². The number of rotatable bonds is 1. The van der Waals surface area contributed by atoms with Gasteiger partial charge in [0.15, 0.2) is 17.4 Å². The van der Waals surface area contributed by atoms with Crippen molar-refractivity contribution in [2.75, 3.05) is 6.54 Å². The maximum atomic E-state index is 13.2. The third-order valence-corrected chi connectivity index (χ3v) is 3.10. The Balaban J connectivity index is 2.21. The summed E-state index contributed by atoms with van der Waals surface area (Å²) in [5, 5.41) is 12.2. The summed E-state index contributed by atoms with van der Waals surface area (Å²) in [6.07, 6.45) is 1.91. The lowest BCUT2D eigenvalue weighted by molar-refractivity contribution is 0.329. The first-order chi connectivity index (χ1) is 7.58. The maximum Gasteiger partial charge on any atom is 0.187 e. The Morgan fingerprint density at radius 2 is 1.88 bits per heavy atom. The number of phenols is 1. The van der Waals surface area contributed by atoms with Crippen LogP contribution >= 0.6 is 0 Å². The Hall–Kier alpha value is -1.16. The average Bonchev–Trinajstić information content (AvgIpc) is 2.26. The summed E-state index contributed by atoms with van der Waals surface area (Å²) in [4.78, 5) is 0. The first-order valence-electron chi connectivity index (χ1n) is 5.49. The summed E-state index contributed by atoms with van der Waals surface area (Å²) < 4.78 is 26.3. The summed E-state index contributed by atoms with van der Waals surface area (Å²) in [5.74, 6) is -2.08. The average molecular weight is 227 g/mol. The van der Waals surface area contributed by atoms with E-state index in [0.29, 0.717) is 11.5 Å². The van der Waals surface area contributed by atoms with Gasteiger partial charge in [0.1, 0.15) is 0 Å². The minimum Gasteiger partial charge on any atom is -0.503 e. The second-order valence-corrected chi connectivity index (χ2v) is 4.48. The summed E-state index contributed by atoms with van der Waals surface area (Å²) in [6, 6.07) is 2.39. The van der Waals surface area contributed by atoms with Gasteiger partial charge in [-0.3, -0.25) is 0 Å². The number of nitrogens with one attached hydrogen (secondary N) is 1. The highest BCUT2D eigenvalue weighted by Crippen LogP contribution is 2.29. The molecule has 16 heavy (non-hydrogen) atoms. The third kappa shape index (κ3) is 2.16. The molecule has 1 aromatic rings. The fourth-order valence-electron chi connectivity index (χ4n) is 2.07. The molecule has 0 amide bonds. The van der Waals surface area contributed by atoms with Crippen molar-refractivity contribution < 1.29 is 13.9 Å². The van der Waals surface area contributed by atoms with E-state index in [2.05, 4.69) is 12.2 Å². The van der Waals surface area contributed by atoms with Gasteiger partial charge in [-0.05, 0) is 43.0 Å². The number of benzene rings is 1. The molecular formula is C12H15F2NO. The van der Waals surface area contributed by atoms with E-state index in [-0.39, 0.29) is 6.04 Å². The van der Waals surface area contributed by atoms with Crippen molar-refractivity contribution in [3.63, 3.8) is 0 Å². The van der Waals surface area contributed by atoms with E-state index in [1.807, 2.05) is 0 Å². The van der Waals surface area contributed by atoms with Gasteiger partial charge in [-0.1, -0.05) is 6.92 Å². The number of phenolic OH excluding ortho intramolecular Hbond substituents is 1. The number of hydrogen-bond donors (Lipinski definition) is 2. The van der Waals surface area contributed by atoms with Crippen LogP contribution in [-0.4, -0.2) is 11.7 Å². The van der Waals surface area contributed by atoms with Crippen molar-refractivity contribution in [1.82, 2.24) is 5.32 Å². The van der Waals surface area contributed by atoms with Crippen molar-refractivity contribution in [1.29, 1.82) is 0 Å². The smallest absolute Gasteiger partial charge is 0.187 e. The third-order valence-electron chi connectivity index (χ3n) is 3.10. The van der Waals surface area contributed by atoms with Crippen molar-refractivity contribution in [2.24, 2.45) is 5.92 Å². The molecule has 1 fully saturated rings. The Bertz CT molecular complexity index is 364. The molecule has 0 spiro atoms. The molecule has 0 unspecified atom stereocenters. The van der Waals surface area contributed by atoms with Crippen LogP contribution in [-0.2, 0) is 0 Å². The molecule has 2 rings (SSSR count). The van der Waals surface area contributed by atoms with Crippen LogP contribution in [0.3, 0.4) is 0 Å². The zero-order valence-corrected chi connectivity index (χ0v) is 9.13. The van der Waals surface area contributed by atoms with E-state index in [1.165, 1.54) is 12.1 Å². The largest absolute Gasteiger partial charge is 0.503 e. The molecule has 1 heterocycles. The summed E-state index contributed by atoms with van der Waals surface area (Å²) in [5.41, 5.74) is 0.569. The van der Waals surface area contributed by atoms with Crippen molar-refractivity contribution in [3.8, 4) is 5.75 Å². The molecule has 0 bridgehead atoms. The molecule has 0 saturated carbocycles. The molecule has 4 heteroatoms. The van der Waals surface area contributed by atoms with E-state index >= 15 is 0 Å².